The number of nitrogens with zero attached hydrogens (tertiary/aromatic N) is 2. The maximum absolute atomic E-state index is 12.0. The second-order valence-corrected chi connectivity index (χ2v) is 5.59. The average Bonchev–Trinajstić information content (AvgIpc) is 2.93. The van der Waals surface area contributed by atoms with Crippen molar-refractivity contribution in [2.45, 2.75) is 5.03 Å². The first-order chi connectivity index (χ1) is 9.15. The molecular weight excluding hydrogens is 264 g/mol. The molecule has 0 unspecified atom stereocenters. The third-order valence-electron chi connectivity index (χ3n) is 2.61. The Morgan fingerprint density at radius 1 is 1.16 bits per heavy atom. The summed E-state index contributed by atoms with van der Waals surface area (Å²) in [5.41, 5.74) is 1.22. The lowest BCUT2D eigenvalue weighted by Gasteiger charge is -2.06. The van der Waals surface area contributed by atoms with E-state index in [0.29, 0.717) is 5.69 Å². The quantitative estimate of drug-likeness (QED) is 0.761. The standard InChI is InChI=1S/C12H10N4O2S/c17-19(18,12-5-6-14-15-12)16-10-7-9-3-1-2-4-11(9)13-8-10/h1-8,16H,(H,14,15). The molecule has 96 valence electrons. The zero-order valence-electron chi connectivity index (χ0n) is 9.74. The van der Waals surface area contributed by atoms with Crippen LogP contribution < -0.4 is 4.72 Å². The lowest BCUT2D eigenvalue weighted by Crippen LogP contribution is -2.13. The molecule has 3 aromatic rings. The van der Waals surface area contributed by atoms with Crippen LogP contribution in [0.5, 0.6) is 0 Å². The van der Waals surface area contributed by atoms with Crippen molar-refractivity contribution in [3.8, 4) is 0 Å². The summed E-state index contributed by atoms with van der Waals surface area (Å²) in [4.78, 5) is 4.19. The van der Waals surface area contributed by atoms with Gasteiger partial charge in [0.1, 0.15) is 0 Å². The summed E-state index contributed by atoms with van der Waals surface area (Å²) in [5.74, 6) is 0. The molecule has 2 N–H and O–H groups in total. The van der Waals surface area contributed by atoms with Crippen LogP contribution in [-0.2, 0) is 10.0 Å². The minimum atomic E-state index is -3.65. The van der Waals surface area contributed by atoms with Crippen molar-refractivity contribution in [3.63, 3.8) is 0 Å². The molecule has 0 fully saturated rings. The van der Waals surface area contributed by atoms with Gasteiger partial charge in [-0.3, -0.25) is 14.8 Å². The lowest BCUT2D eigenvalue weighted by atomic mass is 10.2. The highest BCUT2D eigenvalue weighted by Crippen LogP contribution is 2.18. The number of benzene rings is 1. The lowest BCUT2D eigenvalue weighted by molar-refractivity contribution is 0.597. The molecule has 0 aliphatic rings. The van der Waals surface area contributed by atoms with Gasteiger partial charge in [0.2, 0.25) is 0 Å². The van der Waals surface area contributed by atoms with Crippen LogP contribution in [0.25, 0.3) is 10.9 Å². The second kappa shape index (κ2) is 4.36. The van der Waals surface area contributed by atoms with Crippen LogP contribution in [0.4, 0.5) is 5.69 Å². The Balaban J connectivity index is 1.98. The highest BCUT2D eigenvalue weighted by Gasteiger charge is 2.15. The van der Waals surface area contributed by atoms with Crippen molar-refractivity contribution in [1.29, 1.82) is 0 Å². The number of anilines is 1. The first-order valence-electron chi connectivity index (χ1n) is 5.52. The van der Waals surface area contributed by atoms with Crippen LogP contribution in [0.1, 0.15) is 0 Å². The van der Waals surface area contributed by atoms with Gasteiger partial charge in [0.25, 0.3) is 10.0 Å². The van der Waals surface area contributed by atoms with Crippen LogP contribution >= 0.6 is 0 Å². The molecule has 0 saturated carbocycles. The Hall–Kier alpha value is -2.41. The van der Waals surface area contributed by atoms with Crippen molar-refractivity contribution >= 4 is 26.6 Å². The van der Waals surface area contributed by atoms with E-state index in [9.17, 15) is 8.42 Å². The van der Waals surface area contributed by atoms with E-state index in [1.54, 1.807) is 6.07 Å². The number of rotatable bonds is 3. The van der Waals surface area contributed by atoms with Crippen LogP contribution in [0, 0.1) is 0 Å². The number of para-hydroxylation sites is 1. The molecule has 0 atom stereocenters. The molecule has 0 aliphatic heterocycles. The van der Waals surface area contributed by atoms with E-state index in [2.05, 4.69) is 19.9 Å². The number of pyridine rings is 1. The summed E-state index contributed by atoms with van der Waals surface area (Å²) in [6.45, 7) is 0. The minimum absolute atomic E-state index is 0.0145. The number of nitrogens with one attached hydrogen (secondary N) is 2. The van der Waals surface area contributed by atoms with Crippen molar-refractivity contribution in [1.82, 2.24) is 15.2 Å². The van der Waals surface area contributed by atoms with Crippen LogP contribution in [0.15, 0.2) is 53.8 Å². The fourth-order valence-electron chi connectivity index (χ4n) is 1.73. The fourth-order valence-corrected chi connectivity index (χ4v) is 2.67. The third-order valence-corrected chi connectivity index (χ3v) is 3.92. The molecule has 7 heteroatoms. The van der Waals surface area contributed by atoms with Crippen molar-refractivity contribution in [2.24, 2.45) is 0 Å². The van der Waals surface area contributed by atoms with Gasteiger partial charge in [0.15, 0.2) is 5.03 Å². The van der Waals surface area contributed by atoms with Crippen LogP contribution in [-0.4, -0.2) is 23.6 Å². The number of sulfonamides is 1. The zero-order valence-corrected chi connectivity index (χ0v) is 10.6. The van der Waals surface area contributed by atoms with E-state index in [1.165, 1.54) is 18.5 Å². The van der Waals surface area contributed by atoms with Crippen LogP contribution in [0.2, 0.25) is 0 Å². The molecule has 0 aliphatic carbocycles. The summed E-state index contributed by atoms with van der Waals surface area (Å²) in [5, 5.41) is 6.92. The molecule has 2 aromatic heterocycles. The molecule has 0 saturated heterocycles. The maximum Gasteiger partial charge on any atom is 0.278 e. The van der Waals surface area contributed by atoms with Crippen molar-refractivity contribution in [2.75, 3.05) is 4.72 Å². The SMILES string of the molecule is O=S(=O)(Nc1cnc2ccccc2c1)c1ccn[nH]1. The van der Waals surface area contributed by atoms with Crippen molar-refractivity contribution in [3.05, 3.63) is 48.8 Å². The van der Waals surface area contributed by atoms with E-state index in [0.717, 1.165) is 10.9 Å². The monoisotopic (exact) mass is 274 g/mol. The minimum Gasteiger partial charge on any atom is -0.277 e. The molecule has 0 amide bonds. The Morgan fingerprint density at radius 2 is 2.00 bits per heavy atom. The summed E-state index contributed by atoms with van der Waals surface area (Å²) in [6.07, 6.45) is 2.86. The van der Waals surface area contributed by atoms with Gasteiger partial charge in [-0.1, -0.05) is 18.2 Å². The first kappa shape index (κ1) is 11.7. The molecule has 0 radical (unpaired) electrons. The summed E-state index contributed by atoms with van der Waals surface area (Å²) >= 11 is 0. The Labute approximate surface area is 109 Å². The van der Waals surface area contributed by atoms with E-state index in [4.69, 9.17) is 0 Å². The van der Waals surface area contributed by atoms with E-state index >= 15 is 0 Å². The van der Waals surface area contributed by atoms with Gasteiger partial charge in [0, 0.05) is 5.39 Å². The highest BCUT2D eigenvalue weighted by atomic mass is 32.2. The van der Waals surface area contributed by atoms with E-state index < -0.39 is 10.0 Å². The number of fused-ring (bicyclic) bond motifs is 1. The fraction of sp³-hybridized carbons (Fsp3) is 0. The van der Waals surface area contributed by atoms with E-state index in [1.807, 2.05) is 24.3 Å². The number of aromatic nitrogens is 3. The Morgan fingerprint density at radius 3 is 2.79 bits per heavy atom. The maximum atomic E-state index is 12.0. The molecular formula is C12H10N4O2S. The second-order valence-electron chi connectivity index (χ2n) is 3.94. The third kappa shape index (κ3) is 2.27. The molecule has 0 spiro atoms. The van der Waals surface area contributed by atoms with Gasteiger partial charge < -0.3 is 0 Å². The van der Waals surface area contributed by atoms with Gasteiger partial charge in [-0.05, 0) is 18.2 Å². The topological polar surface area (TPSA) is 87.7 Å². The summed E-state index contributed by atoms with van der Waals surface area (Å²) in [7, 11) is -3.65. The zero-order chi connectivity index (χ0) is 13.3. The number of hydrogen-bond donors (Lipinski definition) is 2. The highest BCUT2D eigenvalue weighted by molar-refractivity contribution is 7.92. The van der Waals surface area contributed by atoms with Crippen LogP contribution in [0.3, 0.4) is 0 Å². The molecule has 6 nitrogen and oxygen atoms in total. The Kier molecular flexibility index (Phi) is 2.68. The average molecular weight is 274 g/mol. The molecule has 3 rings (SSSR count). The van der Waals surface area contributed by atoms with Gasteiger partial charge in [-0.15, -0.1) is 0 Å². The Bertz CT molecular complexity index is 813. The molecule has 19 heavy (non-hydrogen) atoms. The predicted octanol–water partition coefficient (Wildman–Crippen LogP) is 1.76. The van der Waals surface area contributed by atoms with E-state index in [-0.39, 0.29) is 5.03 Å². The normalized spacial score (nSPS) is 11.6. The number of aromatic amines is 1. The van der Waals surface area contributed by atoms with Gasteiger partial charge in [-0.2, -0.15) is 13.5 Å². The number of H-pyrrole nitrogens is 1. The largest absolute Gasteiger partial charge is 0.278 e. The molecule has 2 heterocycles. The summed E-state index contributed by atoms with van der Waals surface area (Å²) in [6, 6.07) is 10.6. The molecule has 1 aromatic carbocycles. The predicted molar refractivity (Wildman–Crippen MR) is 71.1 cm³/mol. The number of hydrogen-bond acceptors (Lipinski definition) is 4. The van der Waals surface area contributed by atoms with Gasteiger partial charge >= 0.3 is 0 Å². The first-order valence-corrected chi connectivity index (χ1v) is 7.00. The van der Waals surface area contributed by atoms with Crippen molar-refractivity contribution < 1.29 is 8.42 Å². The van der Waals surface area contributed by atoms with Gasteiger partial charge in [-0.25, -0.2) is 0 Å². The molecule has 0 bridgehead atoms. The van der Waals surface area contributed by atoms with Gasteiger partial charge in [0.05, 0.1) is 23.6 Å². The summed E-state index contributed by atoms with van der Waals surface area (Å²) < 4.78 is 26.4. The smallest absolute Gasteiger partial charge is 0.277 e.